The molecular weight excluding hydrogens is 640 g/mol. The van der Waals surface area contributed by atoms with Crippen LogP contribution in [0.15, 0.2) is 194 Å². The number of para-hydroxylation sites is 4. The quantitative estimate of drug-likeness (QED) is 0.175. The number of nitrogens with zero attached hydrogens (tertiary/aromatic N) is 1. The van der Waals surface area contributed by atoms with Gasteiger partial charge >= 0.3 is 0 Å². The predicted octanol–water partition coefficient (Wildman–Crippen LogP) is 7.40. The highest BCUT2D eigenvalue weighted by atomic mass is 16.5. The Hall–Kier alpha value is -6.25. The van der Waals surface area contributed by atoms with Gasteiger partial charge in [0.05, 0.1) is 5.52 Å². The van der Waals surface area contributed by atoms with Gasteiger partial charge in [-0.25, -0.2) is 0 Å². The minimum atomic E-state index is -0.423. The Kier molecular flexibility index (Phi) is 6.02. The normalized spacial score (nSPS) is 18.5. The van der Waals surface area contributed by atoms with Gasteiger partial charge in [0.1, 0.15) is 11.5 Å². The van der Waals surface area contributed by atoms with E-state index in [1.807, 2.05) is 0 Å². The van der Waals surface area contributed by atoms with Crippen molar-refractivity contribution in [2.75, 3.05) is 0 Å². The van der Waals surface area contributed by atoms with E-state index in [0.29, 0.717) is 0 Å². The second-order valence-corrected chi connectivity index (χ2v) is 15.1. The van der Waals surface area contributed by atoms with Crippen molar-refractivity contribution in [1.82, 2.24) is 4.57 Å². The van der Waals surface area contributed by atoms with Gasteiger partial charge < -0.3 is 9.30 Å². The van der Waals surface area contributed by atoms with E-state index in [0.717, 1.165) is 11.5 Å². The molecule has 4 heteroatoms. The molecule has 246 valence electrons. The summed E-state index contributed by atoms with van der Waals surface area (Å²) in [5.74, 6) is 2.35. The van der Waals surface area contributed by atoms with Gasteiger partial charge in [0, 0.05) is 33.2 Å². The summed E-state index contributed by atoms with van der Waals surface area (Å²) in [4.78, 5) is 0. The van der Waals surface area contributed by atoms with Crippen LogP contribution in [0.4, 0.5) is 0 Å². The fourth-order valence-electron chi connectivity index (χ4n) is 11.0. The zero-order valence-corrected chi connectivity index (χ0v) is 29.1. The predicted molar refractivity (Wildman–Crippen MR) is 221 cm³/mol. The van der Waals surface area contributed by atoms with Crippen molar-refractivity contribution in [3.63, 3.8) is 0 Å². The maximum absolute atomic E-state index is 6.83. The van der Waals surface area contributed by atoms with Crippen LogP contribution in [0.25, 0.3) is 27.5 Å². The molecule has 1 spiro atoms. The van der Waals surface area contributed by atoms with E-state index >= 15 is 0 Å². The van der Waals surface area contributed by atoms with Crippen LogP contribution >= 0.6 is 0 Å². The summed E-state index contributed by atoms with van der Waals surface area (Å²) in [6, 6.07) is 63.4. The van der Waals surface area contributed by atoms with Gasteiger partial charge in [-0.05, 0) is 63.9 Å². The van der Waals surface area contributed by atoms with E-state index in [1.165, 1.54) is 71.5 Å². The van der Waals surface area contributed by atoms with E-state index in [4.69, 9.17) is 4.74 Å². The molecule has 1 aromatic heterocycles. The van der Waals surface area contributed by atoms with Crippen molar-refractivity contribution in [3.05, 3.63) is 211 Å². The first-order valence-electron chi connectivity index (χ1n) is 18.8. The molecule has 0 N–H and O–H groups in total. The minimum Gasteiger partial charge on any atom is -0.463 e. The van der Waals surface area contributed by atoms with Crippen molar-refractivity contribution >= 4 is 62.5 Å². The summed E-state index contributed by atoms with van der Waals surface area (Å²) >= 11 is 0. The van der Waals surface area contributed by atoms with Crippen molar-refractivity contribution in [3.8, 4) is 11.4 Å². The summed E-state index contributed by atoms with van der Waals surface area (Å²) in [5.41, 5.74) is 14.2. The Bertz CT molecular complexity index is 2820. The van der Waals surface area contributed by atoms with Crippen LogP contribution in [0.1, 0.15) is 16.7 Å². The molecule has 1 aliphatic carbocycles. The van der Waals surface area contributed by atoms with E-state index in [2.05, 4.69) is 193 Å². The van der Waals surface area contributed by atoms with Gasteiger partial charge in [0.2, 0.25) is 13.4 Å². The van der Waals surface area contributed by atoms with Gasteiger partial charge in [-0.2, -0.15) is 0 Å². The molecule has 0 amide bonds. The molecule has 12 rings (SSSR count). The summed E-state index contributed by atoms with van der Waals surface area (Å²) in [6.45, 7) is 0.231. The molecule has 7 aromatic carbocycles. The number of ether oxygens (including phenoxy) is 1. The Morgan fingerprint density at radius 1 is 0.509 bits per heavy atom. The molecule has 8 aromatic rings. The first kappa shape index (κ1) is 29.3. The fourth-order valence-corrected chi connectivity index (χ4v) is 11.0. The lowest BCUT2D eigenvalue weighted by Crippen LogP contribution is -2.69. The lowest BCUT2D eigenvalue weighted by Gasteiger charge is -2.56. The molecule has 2 nitrogen and oxygen atoms in total. The minimum absolute atomic E-state index is 0.0271. The topological polar surface area (TPSA) is 14.2 Å². The molecule has 2 atom stereocenters. The standard InChI is InChI=1S/C49H33B2NO/c1-2-16-32(17-3-1)52-44-29-12-4-18-33(44)34-19-14-28-43(48(34)52)50-39-24-8-5-20-35(39)49(36-21-6-9-25-40(36)50)37-22-7-10-26-41(37)51-42-27-11-13-30-45(42)53-46-31-15-23-38(49)47(46)51/h1-31,38,47H. The van der Waals surface area contributed by atoms with Crippen LogP contribution in [-0.4, -0.2) is 18.0 Å². The van der Waals surface area contributed by atoms with Gasteiger partial charge in [0.15, 0.2) is 0 Å². The molecule has 0 fully saturated rings. The number of benzene rings is 7. The smallest absolute Gasteiger partial charge is 0.244 e. The first-order chi connectivity index (χ1) is 26.3. The van der Waals surface area contributed by atoms with Crippen LogP contribution in [0.3, 0.4) is 0 Å². The summed E-state index contributed by atoms with van der Waals surface area (Å²) in [5, 5.41) is 2.56. The first-order valence-corrected chi connectivity index (χ1v) is 18.8. The number of hydrogen-bond acceptors (Lipinski definition) is 1. The van der Waals surface area contributed by atoms with E-state index < -0.39 is 5.41 Å². The van der Waals surface area contributed by atoms with Crippen LogP contribution in [0.2, 0.25) is 5.82 Å². The molecule has 4 aliphatic rings. The third-order valence-electron chi connectivity index (χ3n) is 12.8. The maximum atomic E-state index is 6.83. The van der Waals surface area contributed by atoms with Crippen LogP contribution in [0.5, 0.6) is 5.75 Å². The van der Waals surface area contributed by atoms with Crippen molar-refractivity contribution in [2.24, 2.45) is 5.92 Å². The van der Waals surface area contributed by atoms with Gasteiger partial charge in [-0.15, -0.1) is 0 Å². The number of allylic oxidation sites excluding steroid dienone is 4. The zero-order valence-electron chi connectivity index (χ0n) is 29.1. The fraction of sp³-hybridized carbons (Fsp3) is 0.0612. The van der Waals surface area contributed by atoms with E-state index in [-0.39, 0.29) is 25.2 Å². The highest BCUT2D eigenvalue weighted by Gasteiger charge is 2.61. The maximum Gasteiger partial charge on any atom is 0.244 e. The number of rotatable bonds is 2. The van der Waals surface area contributed by atoms with Gasteiger partial charge in [0.25, 0.3) is 0 Å². The Balaban J connectivity index is 1.19. The SMILES string of the molecule is C1=CC2C3B(c4ccccc4OC3=C1)c1ccccc1C21c2ccccc2B(c2cccc3c4ccccc4n(-c4ccccc4)c23)c2ccccc21. The number of fused-ring (bicyclic) bond motifs is 13. The Morgan fingerprint density at radius 2 is 1.09 bits per heavy atom. The number of hydrogen-bond donors (Lipinski definition) is 0. The second kappa shape index (κ2) is 10.9. The molecule has 53 heavy (non-hydrogen) atoms. The summed E-state index contributed by atoms with van der Waals surface area (Å²) in [7, 11) is 0. The average Bonchev–Trinajstić information content (AvgIpc) is 3.57. The average molecular weight is 673 g/mol. The summed E-state index contributed by atoms with van der Waals surface area (Å²) < 4.78 is 9.32. The lowest BCUT2D eigenvalue weighted by atomic mass is 9.21. The number of aromatic nitrogens is 1. The van der Waals surface area contributed by atoms with Gasteiger partial charge in [-0.3, -0.25) is 0 Å². The third kappa shape index (κ3) is 3.75. The second-order valence-electron chi connectivity index (χ2n) is 15.1. The molecule has 0 bridgehead atoms. The van der Waals surface area contributed by atoms with E-state index in [1.54, 1.807) is 0 Å². The van der Waals surface area contributed by atoms with Crippen LogP contribution in [0, 0.1) is 5.92 Å². The van der Waals surface area contributed by atoms with Crippen LogP contribution in [-0.2, 0) is 5.41 Å². The highest BCUT2D eigenvalue weighted by Crippen LogP contribution is 2.57. The zero-order chi connectivity index (χ0) is 34.7. The molecule has 4 heterocycles. The monoisotopic (exact) mass is 673 g/mol. The van der Waals surface area contributed by atoms with Crippen molar-refractivity contribution < 1.29 is 4.74 Å². The Labute approximate surface area is 309 Å². The largest absolute Gasteiger partial charge is 0.463 e. The molecular formula is C49H33B2NO. The molecule has 2 unspecified atom stereocenters. The lowest BCUT2D eigenvalue weighted by molar-refractivity contribution is 0.332. The molecule has 3 aliphatic heterocycles. The van der Waals surface area contributed by atoms with Crippen LogP contribution < -0.4 is 32.1 Å². The van der Waals surface area contributed by atoms with Gasteiger partial charge in [-0.1, -0.05) is 174 Å². The molecule has 0 radical (unpaired) electrons. The third-order valence-corrected chi connectivity index (χ3v) is 12.8. The van der Waals surface area contributed by atoms with E-state index in [9.17, 15) is 0 Å². The summed E-state index contributed by atoms with van der Waals surface area (Å²) in [6.07, 6.45) is 6.97. The van der Waals surface area contributed by atoms with Crippen molar-refractivity contribution in [1.29, 1.82) is 0 Å². The molecule has 0 saturated heterocycles. The Morgan fingerprint density at radius 3 is 1.87 bits per heavy atom. The highest BCUT2D eigenvalue weighted by molar-refractivity contribution is 6.98. The molecule has 0 saturated carbocycles. The van der Waals surface area contributed by atoms with Crippen molar-refractivity contribution in [2.45, 2.75) is 11.2 Å².